The number of halogens is 1. The van der Waals surface area contributed by atoms with Gasteiger partial charge in [-0.15, -0.1) is 0 Å². The van der Waals surface area contributed by atoms with Crippen LogP contribution in [0.4, 0.5) is 0 Å². The van der Waals surface area contributed by atoms with E-state index in [1.165, 1.54) is 0 Å². The Morgan fingerprint density at radius 2 is 2.00 bits per heavy atom. The number of hydrogen-bond donors (Lipinski definition) is 1. The predicted molar refractivity (Wildman–Crippen MR) is 95.0 cm³/mol. The Balaban J connectivity index is 1.41. The van der Waals surface area contributed by atoms with Crippen LogP contribution in [0.1, 0.15) is 34.7 Å². The van der Waals surface area contributed by atoms with Crippen LogP contribution in [0.15, 0.2) is 39.3 Å². The second kappa shape index (κ2) is 9.12. The summed E-state index contributed by atoms with van der Waals surface area (Å²) in [6, 6.07) is 9.53. The van der Waals surface area contributed by atoms with Crippen molar-refractivity contribution in [2.45, 2.75) is 26.1 Å². The lowest BCUT2D eigenvalue weighted by Crippen LogP contribution is -2.32. The molecule has 0 atom stereocenters. The normalized spacial score (nSPS) is 15.2. The van der Waals surface area contributed by atoms with Gasteiger partial charge in [0, 0.05) is 30.3 Å². The van der Waals surface area contributed by atoms with Gasteiger partial charge < -0.3 is 19.3 Å². The molecule has 1 amide bonds. The number of ether oxygens (including phenoxy) is 2. The van der Waals surface area contributed by atoms with Gasteiger partial charge >= 0.3 is 0 Å². The van der Waals surface area contributed by atoms with Crippen molar-refractivity contribution in [3.8, 4) is 0 Å². The largest absolute Gasteiger partial charge is 0.381 e. The lowest BCUT2D eigenvalue weighted by Gasteiger charge is -2.21. The van der Waals surface area contributed by atoms with Gasteiger partial charge in [0.2, 0.25) is 0 Å². The van der Waals surface area contributed by atoms with Crippen LogP contribution < -0.4 is 5.32 Å². The van der Waals surface area contributed by atoms with E-state index in [4.69, 9.17) is 14.0 Å². The topological polar surface area (TPSA) is 73.6 Å². The molecule has 25 heavy (non-hydrogen) atoms. The van der Waals surface area contributed by atoms with Crippen LogP contribution in [0, 0.1) is 5.92 Å². The number of carbonyl (C=O) groups excluding carboxylic acids is 1. The number of amides is 1. The molecule has 0 bridgehead atoms. The molecule has 7 heteroatoms. The monoisotopic (exact) mass is 408 g/mol. The highest BCUT2D eigenvalue weighted by molar-refractivity contribution is 9.10. The second-order valence-corrected chi connectivity index (χ2v) is 6.98. The van der Waals surface area contributed by atoms with E-state index in [-0.39, 0.29) is 18.2 Å². The fourth-order valence-electron chi connectivity index (χ4n) is 2.62. The zero-order valence-corrected chi connectivity index (χ0v) is 15.5. The summed E-state index contributed by atoms with van der Waals surface area (Å²) >= 11 is 3.40. The number of nitrogens with zero attached hydrogens (tertiary/aromatic N) is 1. The van der Waals surface area contributed by atoms with Crippen molar-refractivity contribution in [1.29, 1.82) is 0 Å². The van der Waals surface area contributed by atoms with E-state index in [0.717, 1.165) is 36.1 Å². The summed E-state index contributed by atoms with van der Waals surface area (Å²) in [7, 11) is 0. The summed E-state index contributed by atoms with van der Waals surface area (Å²) < 4.78 is 17.1. The number of carbonyl (C=O) groups is 1. The van der Waals surface area contributed by atoms with Crippen molar-refractivity contribution in [3.63, 3.8) is 0 Å². The third-order valence-electron chi connectivity index (χ3n) is 4.11. The van der Waals surface area contributed by atoms with Crippen molar-refractivity contribution in [2.24, 2.45) is 5.92 Å². The standard InChI is InChI=1S/C18H21BrN2O4/c19-15-3-1-14(2-4-15)11-24-12-16-9-17(21-25-16)18(22)20-10-13-5-7-23-8-6-13/h1-4,9,13H,5-8,10-12H2,(H,20,22). The highest BCUT2D eigenvalue weighted by Crippen LogP contribution is 2.14. The minimum atomic E-state index is -0.214. The summed E-state index contributed by atoms with van der Waals surface area (Å²) in [4.78, 5) is 12.1. The van der Waals surface area contributed by atoms with E-state index in [2.05, 4.69) is 26.4 Å². The highest BCUT2D eigenvalue weighted by atomic mass is 79.9. The Kier molecular flexibility index (Phi) is 6.61. The van der Waals surface area contributed by atoms with Crippen LogP contribution in [0.2, 0.25) is 0 Å². The molecule has 2 aromatic rings. The van der Waals surface area contributed by atoms with Gasteiger partial charge in [-0.3, -0.25) is 4.79 Å². The Bertz CT molecular complexity index is 681. The number of nitrogens with one attached hydrogen (secondary N) is 1. The molecule has 1 aliphatic rings. The first-order valence-electron chi connectivity index (χ1n) is 8.34. The summed E-state index contributed by atoms with van der Waals surface area (Å²) in [5, 5.41) is 6.73. The van der Waals surface area contributed by atoms with Crippen LogP contribution in [-0.2, 0) is 22.7 Å². The predicted octanol–water partition coefficient (Wildman–Crippen LogP) is 3.31. The lowest BCUT2D eigenvalue weighted by atomic mass is 10.0. The fourth-order valence-corrected chi connectivity index (χ4v) is 2.88. The van der Waals surface area contributed by atoms with Gasteiger partial charge in [0.25, 0.3) is 5.91 Å². The molecule has 1 aromatic heterocycles. The Morgan fingerprint density at radius 3 is 2.76 bits per heavy atom. The number of rotatable bonds is 7. The second-order valence-electron chi connectivity index (χ2n) is 6.06. The van der Waals surface area contributed by atoms with Crippen molar-refractivity contribution in [1.82, 2.24) is 10.5 Å². The average Bonchev–Trinajstić information content (AvgIpc) is 3.11. The molecular weight excluding hydrogens is 388 g/mol. The number of benzene rings is 1. The van der Waals surface area contributed by atoms with E-state index in [0.29, 0.717) is 24.8 Å². The zero-order chi connectivity index (χ0) is 17.5. The van der Waals surface area contributed by atoms with E-state index < -0.39 is 0 Å². The van der Waals surface area contributed by atoms with Crippen molar-refractivity contribution in [2.75, 3.05) is 19.8 Å². The average molecular weight is 409 g/mol. The van der Waals surface area contributed by atoms with E-state index in [9.17, 15) is 4.79 Å². The van der Waals surface area contributed by atoms with E-state index in [1.807, 2.05) is 24.3 Å². The first kappa shape index (κ1) is 18.1. The van der Waals surface area contributed by atoms with Crippen LogP contribution >= 0.6 is 15.9 Å². The molecule has 1 aliphatic heterocycles. The van der Waals surface area contributed by atoms with Crippen molar-refractivity contribution < 1.29 is 18.8 Å². The first-order valence-corrected chi connectivity index (χ1v) is 9.14. The Hall–Kier alpha value is -1.70. The smallest absolute Gasteiger partial charge is 0.273 e. The third-order valence-corrected chi connectivity index (χ3v) is 4.64. The zero-order valence-electron chi connectivity index (χ0n) is 13.9. The fraction of sp³-hybridized carbons (Fsp3) is 0.444. The van der Waals surface area contributed by atoms with Crippen molar-refractivity contribution in [3.05, 3.63) is 51.8 Å². The van der Waals surface area contributed by atoms with Crippen LogP contribution in [-0.4, -0.2) is 30.8 Å². The lowest BCUT2D eigenvalue weighted by molar-refractivity contribution is 0.0641. The van der Waals surface area contributed by atoms with Crippen LogP contribution in [0.3, 0.4) is 0 Å². The molecule has 0 saturated carbocycles. The quantitative estimate of drug-likeness (QED) is 0.760. The minimum absolute atomic E-state index is 0.214. The van der Waals surface area contributed by atoms with Crippen LogP contribution in [0.25, 0.3) is 0 Å². The molecule has 2 heterocycles. The maximum Gasteiger partial charge on any atom is 0.273 e. The van der Waals surface area contributed by atoms with Gasteiger partial charge in [-0.05, 0) is 36.5 Å². The molecule has 0 radical (unpaired) electrons. The molecule has 0 unspecified atom stereocenters. The number of hydrogen-bond acceptors (Lipinski definition) is 5. The van der Waals surface area contributed by atoms with Gasteiger partial charge in [0.1, 0.15) is 6.61 Å². The Labute approximate surface area is 155 Å². The molecule has 1 aromatic carbocycles. The highest BCUT2D eigenvalue weighted by Gasteiger charge is 2.17. The first-order chi connectivity index (χ1) is 12.2. The Morgan fingerprint density at radius 1 is 1.24 bits per heavy atom. The maximum atomic E-state index is 12.1. The molecule has 1 fully saturated rings. The molecule has 3 rings (SSSR count). The molecule has 6 nitrogen and oxygen atoms in total. The van der Waals surface area contributed by atoms with Gasteiger partial charge in [0.15, 0.2) is 11.5 Å². The summed E-state index contributed by atoms with van der Waals surface area (Å²) in [6.45, 7) is 2.93. The van der Waals surface area contributed by atoms with Gasteiger partial charge in [-0.1, -0.05) is 33.2 Å². The molecule has 134 valence electrons. The van der Waals surface area contributed by atoms with Gasteiger partial charge in [-0.25, -0.2) is 0 Å². The van der Waals surface area contributed by atoms with E-state index >= 15 is 0 Å². The molecule has 0 aliphatic carbocycles. The molecular formula is C18H21BrN2O4. The summed E-state index contributed by atoms with van der Waals surface area (Å²) in [6.07, 6.45) is 1.96. The van der Waals surface area contributed by atoms with E-state index in [1.54, 1.807) is 6.07 Å². The van der Waals surface area contributed by atoms with Gasteiger partial charge in [-0.2, -0.15) is 0 Å². The minimum Gasteiger partial charge on any atom is -0.381 e. The van der Waals surface area contributed by atoms with Crippen molar-refractivity contribution >= 4 is 21.8 Å². The summed E-state index contributed by atoms with van der Waals surface area (Å²) in [5.41, 5.74) is 1.35. The maximum absolute atomic E-state index is 12.1. The number of aromatic nitrogens is 1. The third kappa shape index (κ3) is 5.66. The SMILES string of the molecule is O=C(NCC1CCOCC1)c1cc(COCc2ccc(Br)cc2)on1. The molecule has 1 N–H and O–H groups in total. The molecule has 1 saturated heterocycles. The summed E-state index contributed by atoms with van der Waals surface area (Å²) in [5.74, 6) is 0.793. The van der Waals surface area contributed by atoms with Gasteiger partial charge in [0.05, 0.1) is 6.61 Å². The van der Waals surface area contributed by atoms with Crippen LogP contribution in [0.5, 0.6) is 0 Å². The molecule has 0 spiro atoms.